The number of hydrogen-bond donors (Lipinski definition) is 1. The number of ether oxygens (including phenoxy) is 2. The van der Waals surface area contributed by atoms with Crippen LogP contribution in [-0.2, 0) is 0 Å². The number of hydrogen-bond acceptors (Lipinski definition) is 5. The Kier molecular flexibility index (Phi) is 3.41. The fourth-order valence-corrected chi connectivity index (χ4v) is 1.77. The lowest BCUT2D eigenvalue weighted by Gasteiger charge is -2.07. The van der Waals surface area contributed by atoms with E-state index in [0.29, 0.717) is 17.1 Å². The first-order chi connectivity index (χ1) is 9.06. The molecule has 0 spiro atoms. The molecule has 6 nitrogen and oxygen atoms in total. The second-order valence-corrected chi connectivity index (χ2v) is 3.87. The van der Waals surface area contributed by atoms with Gasteiger partial charge in [-0.25, -0.2) is 4.79 Å². The van der Waals surface area contributed by atoms with Gasteiger partial charge in [0.15, 0.2) is 0 Å². The van der Waals surface area contributed by atoms with E-state index in [-0.39, 0.29) is 17.0 Å². The molecule has 0 unspecified atom stereocenters. The van der Waals surface area contributed by atoms with Gasteiger partial charge in [-0.2, -0.15) is 0 Å². The predicted molar refractivity (Wildman–Crippen MR) is 66.7 cm³/mol. The maximum absolute atomic E-state index is 11.2. The molecule has 6 heteroatoms. The summed E-state index contributed by atoms with van der Waals surface area (Å²) in [5, 5.41) is 13.0. The number of carboxylic acids is 1. The van der Waals surface area contributed by atoms with Crippen molar-refractivity contribution in [2.24, 2.45) is 0 Å². The number of aromatic carboxylic acids is 1. The third kappa shape index (κ3) is 2.37. The van der Waals surface area contributed by atoms with E-state index in [9.17, 15) is 9.90 Å². The third-order valence-electron chi connectivity index (χ3n) is 2.70. The maximum atomic E-state index is 11.2. The summed E-state index contributed by atoms with van der Waals surface area (Å²) in [6.45, 7) is 1.55. The molecule has 0 radical (unpaired) electrons. The molecular formula is C13H13NO5. The number of carboxylic acid groups (broad SMARTS) is 1. The van der Waals surface area contributed by atoms with Gasteiger partial charge in [-0.15, -0.1) is 0 Å². The van der Waals surface area contributed by atoms with Crippen LogP contribution in [0.1, 0.15) is 16.1 Å². The van der Waals surface area contributed by atoms with Crippen LogP contribution in [-0.4, -0.2) is 30.5 Å². The summed E-state index contributed by atoms with van der Waals surface area (Å²) in [5.74, 6) is 0.262. The smallest absolute Gasteiger partial charge is 0.341 e. The Labute approximate surface area is 109 Å². The Bertz CT molecular complexity index is 595. The quantitative estimate of drug-likeness (QED) is 0.911. The zero-order chi connectivity index (χ0) is 14.0. The van der Waals surface area contributed by atoms with Crippen LogP contribution < -0.4 is 9.47 Å². The predicted octanol–water partition coefficient (Wildman–Crippen LogP) is 2.37. The van der Waals surface area contributed by atoms with E-state index in [1.165, 1.54) is 14.2 Å². The van der Waals surface area contributed by atoms with Crippen LogP contribution >= 0.6 is 0 Å². The molecule has 0 atom stereocenters. The zero-order valence-electron chi connectivity index (χ0n) is 10.8. The minimum Gasteiger partial charge on any atom is -0.497 e. The SMILES string of the molecule is COc1cc(OC)cc(-c2noc(C)c2C(=O)O)c1. The minimum atomic E-state index is -1.09. The average Bonchev–Trinajstić information content (AvgIpc) is 2.80. The van der Waals surface area contributed by atoms with Gasteiger partial charge in [0.25, 0.3) is 0 Å². The third-order valence-corrected chi connectivity index (χ3v) is 2.70. The normalized spacial score (nSPS) is 10.3. The summed E-state index contributed by atoms with van der Waals surface area (Å²) in [5.41, 5.74) is 0.850. The van der Waals surface area contributed by atoms with Crippen molar-refractivity contribution in [3.8, 4) is 22.8 Å². The highest BCUT2D eigenvalue weighted by Crippen LogP contribution is 2.32. The number of nitrogens with zero attached hydrogens (tertiary/aromatic N) is 1. The van der Waals surface area contributed by atoms with Crippen molar-refractivity contribution in [1.29, 1.82) is 0 Å². The molecule has 0 aliphatic heterocycles. The molecule has 19 heavy (non-hydrogen) atoms. The van der Waals surface area contributed by atoms with Gasteiger partial charge < -0.3 is 19.1 Å². The fourth-order valence-electron chi connectivity index (χ4n) is 1.77. The van der Waals surface area contributed by atoms with Gasteiger partial charge in [-0.05, 0) is 19.1 Å². The summed E-state index contributed by atoms with van der Waals surface area (Å²) in [6, 6.07) is 5.04. The van der Waals surface area contributed by atoms with Gasteiger partial charge >= 0.3 is 5.97 Å². The fraction of sp³-hybridized carbons (Fsp3) is 0.231. The first kappa shape index (κ1) is 12.9. The number of benzene rings is 1. The van der Waals surface area contributed by atoms with E-state index in [1.807, 2.05) is 0 Å². The van der Waals surface area contributed by atoms with E-state index in [4.69, 9.17) is 14.0 Å². The van der Waals surface area contributed by atoms with Crippen LogP contribution in [0.3, 0.4) is 0 Å². The van der Waals surface area contributed by atoms with Crippen molar-refractivity contribution in [1.82, 2.24) is 5.16 Å². The highest BCUT2D eigenvalue weighted by Gasteiger charge is 2.21. The number of rotatable bonds is 4. The van der Waals surface area contributed by atoms with Crippen LogP contribution in [0.2, 0.25) is 0 Å². The Morgan fingerprint density at radius 1 is 1.21 bits per heavy atom. The summed E-state index contributed by atoms with van der Waals surface area (Å²) in [7, 11) is 3.04. The summed E-state index contributed by atoms with van der Waals surface area (Å²) in [4.78, 5) is 11.2. The van der Waals surface area contributed by atoms with E-state index in [0.717, 1.165) is 0 Å². The molecular weight excluding hydrogens is 250 g/mol. The molecule has 0 fully saturated rings. The molecule has 0 bridgehead atoms. The molecule has 0 amide bonds. The Morgan fingerprint density at radius 3 is 2.26 bits per heavy atom. The molecule has 0 aliphatic rings. The topological polar surface area (TPSA) is 81.8 Å². The Balaban J connectivity index is 2.61. The lowest BCUT2D eigenvalue weighted by Crippen LogP contribution is -1.99. The first-order valence-electron chi connectivity index (χ1n) is 5.49. The summed E-state index contributed by atoms with van der Waals surface area (Å²) in [6.07, 6.45) is 0. The molecule has 0 saturated heterocycles. The first-order valence-corrected chi connectivity index (χ1v) is 5.49. The highest BCUT2D eigenvalue weighted by molar-refractivity contribution is 5.95. The molecule has 100 valence electrons. The molecule has 2 rings (SSSR count). The van der Waals surface area contributed by atoms with Gasteiger partial charge in [0.05, 0.1) is 14.2 Å². The second-order valence-electron chi connectivity index (χ2n) is 3.87. The van der Waals surface area contributed by atoms with E-state index in [2.05, 4.69) is 5.16 Å². The van der Waals surface area contributed by atoms with Crippen LogP contribution in [0.5, 0.6) is 11.5 Å². The second kappa shape index (κ2) is 5.01. The van der Waals surface area contributed by atoms with Crippen molar-refractivity contribution >= 4 is 5.97 Å². The van der Waals surface area contributed by atoms with Crippen LogP contribution in [0.15, 0.2) is 22.7 Å². The van der Waals surface area contributed by atoms with E-state index >= 15 is 0 Å². The van der Waals surface area contributed by atoms with E-state index < -0.39 is 5.97 Å². The van der Waals surface area contributed by atoms with Crippen molar-refractivity contribution in [2.75, 3.05) is 14.2 Å². The standard InChI is InChI=1S/C13H13NO5/c1-7-11(13(15)16)12(14-19-7)8-4-9(17-2)6-10(5-8)18-3/h4-6H,1-3H3,(H,15,16). The lowest BCUT2D eigenvalue weighted by molar-refractivity contribution is 0.0695. The molecule has 1 N–H and O–H groups in total. The largest absolute Gasteiger partial charge is 0.497 e. The van der Waals surface area contributed by atoms with Crippen molar-refractivity contribution in [3.05, 3.63) is 29.5 Å². The summed E-state index contributed by atoms with van der Waals surface area (Å²) >= 11 is 0. The number of aryl methyl sites for hydroxylation is 1. The van der Waals surface area contributed by atoms with Crippen molar-refractivity contribution < 1.29 is 23.9 Å². The monoisotopic (exact) mass is 263 g/mol. The maximum Gasteiger partial charge on any atom is 0.341 e. The molecule has 0 aliphatic carbocycles. The van der Waals surface area contributed by atoms with Crippen LogP contribution in [0, 0.1) is 6.92 Å². The van der Waals surface area contributed by atoms with Crippen LogP contribution in [0.4, 0.5) is 0 Å². The molecule has 2 aromatic rings. The molecule has 1 aromatic heterocycles. The molecule has 1 heterocycles. The van der Waals surface area contributed by atoms with Crippen LogP contribution in [0.25, 0.3) is 11.3 Å². The average molecular weight is 263 g/mol. The number of methoxy groups -OCH3 is 2. The molecule has 1 aromatic carbocycles. The summed E-state index contributed by atoms with van der Waals surface area (Å²) < 4.78 is 15.2. The van der Waals surface area contributed by atoms with E-state index in [1.54, 1.807) is 25.1 Å². The zero-order valence-corrected chi connectivity index (χ0v) is 10.8. The minimum absolute atomic E-state index is 0.0373. The Morgan fingerprint density at radius 2 is 1.79 bits per heavy atom. The van der Waals surface area contributed by atoms with Gasteiger partial charge in [0, 0.05) is 11.6 Å². The lowest BCUT2D eigenvalue weighted by atomic mass is 10.1. The Hall–Kier alpha value is -2.50. The van der Waals surface area contributed by atoms with Crippen molar-refractivity contribution in [3.63, 3.8) is 0 Å². The number of carbonyl (C=O) groups is 1. The highest BCUT2D eigenvalue weighted by atomic mass is 16.5. The molecule has 0 saturated carbocycles. The van der Waals surface area contributed by atoms with Gasteiger partial charge in [0.2, 0.25) is 0 Å². The number of aromatic nitrogens is 1. The van der Waals surface area contributed by atoms with Gasteiger partial charge in [-0.3, -0.25) is 0 Å². The van der Waals surface area contributed by atoms with Gasteiger partial charge in [0.1, 0.15) is 28.5 Å². The van der Waals surface area contributed by atoms with Gasteiger partial charge in [-0.1, -0.05) is 5.16 Å². The van der Waals surface area contributed by atoms with Crippen molar-refractivity contribution in [2.45, 2.75) is 6.92 Å².